The van der Waals surface area contributed by atoms with Crippen LogP contribution < -0.4 is 5.32 Å². The van der Waals surface area contributed by atoms with Crippen LogP contribution in [-0.4, -0.2) is 30.1 Å². The molecule has 1 unspecified atom stereocenters. The standard InChI is InChI=1S/C24H24N2O2S/c27-24(25-23-16-17-12-14-26(23)15-13-17)21-11-10-20(28-21)19-8-4-5-9-22(19)29-18-6-2-1-3-7-18/h1-11,17,23H,12-16H2,(H,25,27). The lowest BCUT2D eigenvalue weighted by atomic mass is 9.86. The van der Waals surface area contributed by atoms with E-state index in [-0.39, 0.29) is 12.1 Å². The zero-order valence-electron chi connectivity index (χ0n) is 16.2. The average Bonchev–Trinajstić information content (AvgIpc) is 3.26. The molecule has 2 bridgehead atoms. The molecule has 3 aliphatic rings. The first-order chi connectivity index (χ1) is 14.3. The predicted molar refractivity (Wildman–Crippen MR) is 115 cm³/mol. The molecule has 1 N–H and O–H groups in total. The van der Waals surface area contributed by atoms with Crippen molar-refractivity contribution in [3.8, 4) is 11.3 Å². The summed E-state index contributed by atoms with van der Waals surface area (Å²) in [5.41, 5.74) is 1.00. The second-order valence-corrected chi connectivity index (χ2v) is 8.89. The first kappa shape index (κ1) is 18.5. The summed E-state index contributed by atoms with van der Waals surface area (Å²) in [6.07, 6.45) is 3.71. The summed E-state index contributed by atoms with van der Waals surface area (Å²) in [6, 6.07) is 22.1. The van der Waals surface area contributed by atoms with Gasteiger partial charge in [0.2, 0.25) is 0 Å². The molecule has 3 aromatic rings. The fourth-order valence-electron chi connectivity index (χ4n) is 4.32. The summed E-state index contributed by atoms with van der Waals surface area (Å²) in [5, 5.41) is 3.17. The summed E-state index contributed by atoms with van der Waals surface area (Å²) in [4.78, 5) is 17.4. The monoisotopic (exact) mass is 404 g/mol. The molecule has 2 aromatic carbocycles. The van der Waals surface area contributed by atoms with E-state index in [0.717, 1.165) is 41.6 Å². The largest absolute Gasteiger partial charge is 0.451 e. The minimum absolute atomic E-state index is 0.123. The van der Waals surface area contributed by atoms with E-state index in [1.807, 2.05) is 42.5 Å². The highest BCUT2D eigenvalue weighted by molar-refractivity contribution is 7.99. The van der Waals surface area contributed by atoms with Gasteiger partial charge in [0.15, 0.2) is 5.76 Å². The molecule has 4 heterocycles. The van der Waals surface area contributed by atoms with Crippen molar-refractivity contribution < 1.29 is 9.21 Å². The van der Waals surface area contributed by atoms with Crippen molar-refractivity contribution in [1.82, 2.24) is 10.2 Å². The summed E-state index contributed by atoms with van der Waals surface area (Å²) < 4.78 is 5.99. The van der Waals surface area contributed by atoms with E-state index in [2.05, 4.69) is 28.4 Å². The topological polar surface area (TPSA) is 45.5 Å². The number of benzene rings is 2. The SMILES string of the molecule is O=C(NC1CC2CCN1CC2)c1ccc(-c2ccccc2Sc2ccccc2)o1. The number of hydrogen-bond donors (Lipinski definition) is 1. The van der Waals surface area contributed by atoms with E-state index in [0.29, 0.717) is 5.76 Å². The number of carbonyl (C=O) groups is 1. The molecule has 1 aromatic heterocycles. The van der Waals surface area contributed by atoms with Crippen LogP contribution in [0.3, 0.4) is 0 Å². The maximum absolute atomic E-state index is 12.8. The van der Waals surface area contributed by atoms with Crippen molar-refractivity contribution >= 4 is 17.7 Å². The van der Waals surface area contributed by atoms with Gasteiger partial charge in [-0.15, -0.1) is 0 Å². The Hall–Kier alpha value is -2.50. The van der Waals surface area contributed by atoms with Crippen LogP contribution in [0, 0.1) is 5.92 Å². The molecule has 5 heteroatoms. The van der Waals surface area contributed by atoms with Crippen LogP contribution in [0.5, 0.6) is 0 Å². The number of rotatable bonds is 5. The normalized spacial score (nSPS) is 23.1. The van der Waals surface area contributed by atoms with Crippen LogP contribution >= 0.6 is 11.8 Å². The Morgan fingerprint density at radius 2 is 1.72 bits per heavy atom. The van der Waals surface area contributed by atoms with Crippen LogP contribution in [0.25, 0.3) is 11.3 Å². The van der Waals surface area contributed by atoms with Crippen molar-refractivity contribution in [2.75, 3.05) is 13.1 Å². The lowest BCUT2D eigenvalue weighted by molar-refractivity contribution is 0.0286. The van der Waals surface area contributed by atoms with Crippen LogP contribution in [0.15, 0.2) is 80.9 Å². The summed E-state index contributed by atoms with van der Waals surface area (Å²) >= 11 is 1.70. The Labute approximate surface area is 175 Å². The molecular formula is C24H24N2O2S. The number of fused-ring (bicyclic) bond motifs is 3. The molecule has 0 saturated carbocycles. The van der Waals surface area contributed by atoms with Gasteiger partial charge in [-0.3, -0.25) is 9.69 Å². The fourth-order valence-corrected chi connectivity index (χ4v) is 5.29. The molecule has 1 amide bonds. The summed E-state index contributed by atoms with van der Waals surface area (Å²) in [6.45, 7) is 2.17. The Kier molecular flexibility index (Phi) is 5.17. The zero-order valence-corrected chi connectivity index (χ0v) is 17.0. The van der Waals surface area contributed by atoms with Crippen LogP contribution in [0.1, 0.15) is 29.8 Å². The van der Waals surface area contributed by atoms with Gasteiger partial charge < -0.3 is 9.73 Å². The maximum Gasteiger partial charge on any atom is 0.288 e. The minimum atomic E-state index is -0.123. The van der Waals surface area contributed by atoms with Gasteiger partial charge in [-0.2, -0.15) is 0 Å². The molecule has 3 fully saturated rings. The van der Waals surface area contributed by atoms with Crippen molar-refractivity contribution in [2.45, 2.75) is 35.2 Å². The number of nitrogens with zero attached hydrogens (tertiary/aromatic N) is 1. The van der Waals surface area contributed by atoms with Crippen molar-refractivity contribution in [3.63, 3.8) is 0 Å². The van der Waals surface area contributed by atoms with Crippen LogP contribution in [0.4, 0.5) is 0 Å². The smallest absolute Gasteiger partial charge is 0.288 e. The quantitative estimate of drug-likeness (QED) is 0.629. The van der Waals surface area contributed by atoms with Gasteiger partial charge in [-0.05, 0) is 55.5 Å². The number of nitrogens with one attached hydrogen (secondary N) is 1. The van der Waals surface area contributed by atoms with E-state index in [4.69, 9.17) is 4.42 Å². The van der Waals surface area contributed by atoms with E-state index in [9.17, 15) is 4.79 Å². The molecule has 0 aliphatic carbocycles. The highest BCUT2D eigenvalue weighted by Gasteiger charge is 2.34. The molecule has 0 radical (unpaired) electrons. The number of furan rings is 1. The third-order valence-corrected chi connectivity index (χ3v) is 6.98. The summed E-state index contributed by atoms with van der Waals surface area (Å²) in [5.74, 6) is 1.73. The fraction of sp³-hybridized carbons (Fsp3) is 0.292. The summed E-state index contributed by atoms with van der Waals surface area (Å²) in [7, 11) is 0. The van der Waals surface area contributed by atoms with Gasteiger partial charge in [0.05, 0.1) is 6.17 Å². The Bertz CT molecular complexity index is 993. The highest BCUT2D eigenvalue weighted by atomic mass is 32.2. The average molecular weight is 405 g/mol. The van der Waals surface area contributed by atoms with Crippen molar-refractivity contribution in [3.05, 3.63) is 72.5 Å². The van der Waals surface area contributed by atoms with Crippen molar-refractivity contribution in [2.24, 2.45) is 5.92 Å². The van der Waals surface area contributed by atoms with Crippen molar-refractivity contribution in [1.29, 1.82) is 0 Å². The highest BCUT2D eigenvalue weighted by Crippen LogP contribution is 2.36. The number of carbonyl (C=O) groups excluding carboxylic acids is 1. The molecule has 29 heavy (non-hydrogen) atoms. The molecule has 6 rings (SSSR count). The van der Waals surface area contributed by atoms with Gasteiger partial charge in [-0.1, -0.05) is 48.2 Å². The first-order valence-electron chi connectivity index (χ1n) is 10.2. The maximum atomic E-state index is 12.8. The van der Waals surface area contributed by atoms with Crippen LogP contribution in [-0.2, 0) is 0 Å². The molecular weight excluding hydrogens is 380 g/mol. The zero-order chi connectivity index (χ0) is 19.6. The van der Waals surface area contributed by atoms with Gasteiger partial charge >= 0.3 is 0 Å². The number of amides is 1. The van der Waals surface area contributed by atoms with Gasteiger partial charge in [0, 0.05) is 28.4 Å². The molecule has 3 saturated heterocycles. The molecule has 148 valence electrons. The Balaban J connectivity index is 1.33. The Morgan fingerprint density at radius 3 is 2.48 bits per heavy atom. The first-order valence-corrected chi connectivity index (χ1v) is 11.0. The molecule has 4 nitrogen and oxygen atoms in total. The third kappa shape index (κ3) is 3.98. The van der Waals surface area contributed by atoms with Crippen LogP contribution in [0.2, 0.25) is 0 Å². The van der Waals surface area contributed by atoms with E-state index >= 15 is 0 Å². The Morgan fingerprint density at radius 1 is 0.966 bits per heavy atom. The van der Waals surface area contributed by atoms with E-state index < -0.39 is 0 Å². The predicted octanol–water partition coefficient (Wildman–Crippen LogP) is 5.27. The molecule has 1 atom stereocenters. The third-order valence-electron chi connectivity index (χ3n) is 5.90. The number of piperidine rings is 3. The van der Waals surface area contributed by atoms with E-state index in [1.165, 1.54) is 17.7 Å². The van der Waals surface area contributed by atoms with E-state index in [1.54, 1.807) is 17.8 Å². The lowest BCUT2D eigenvalue weighted by Gasteiger charge is -2.45. The minimum Gasteiger partial charge on any atom is -0.451 e. The second kappa shape index (κ2) is 8.09. The van der Waals surface area contributed by atoms with Gasteiger partial charge in [-0.25, -0.2) is 0 Å². The second-order valence-electron chi connectivity index (χ2n) is 7.78. The molecule has 3 aliphatic heterocycles. The van der Waals surface area contributed by atoms with Gasteiger partial charge in [0.1, 0.15) is 5.76 Å². The lowest BCUT2D eigenvalue weighted by Crippen LogP contribution is -2.56. The number of hydrogen-bond acceptors (Lipinski definition) is 4. The molecule has 0 spiro atoms. The van der Waals surface area contributed by atoms with Gasteiger partial charge in [0.25, 0.3) is 5.91 Å².